The van der Waals surface area contributed by atoms with Crippen LogP contribution >= 0.6 is 15.9 Å². The van der Waals surface area contributed by atoms with Gasteiger partial charge in [0.05, 0.1) is 5.69 Å². The summed E-state index contributed by atoms with van der Waals surface area (Å²) in [7, 11) is 0. The van der Waals surface area contributed by atoms with Crippen LogP contribution in [0.2, 0.25) is 0 Å². The molecule has 6 heteroatoms. The largest absolute Gasteiger partial charge is 0.354 e. The van der Waals surface area contributed by atoms with Crippen molar-refractivity contribution in [3.63, 3.8) is 0 Å². The molecule has 1 fully saturated rings. The number of nitrogens with one attached hydrogen (secondary N) is 1. The molecule has 2 amide bonds. The predicted octanol–water partition coefficient (Wildman–Crippen LogP) is 2.44. The lowest BCUT2D eigenvalue weighted by Crippen LogP contribution is -2.51. The van der Waals surface area contributed by atoms with Crippen LogP contribution in [0.5, 0.6) is 0 Å². The van der Waals surface area contributed by atoms with E-state index in [9.17, 15) is 9.59 Å². The van der Waals surface area contributed by atoms with Gasteiger partial charge >= 0.3 is 0 Å². The van der Waals surface area contributed by atoms with Crippen LogP contribution in [-0.4, -0.2) is 30.4 Å². The molecule has 1 aromatic carbocycles. The third-order valence-electron chi connectivity index (χ3n) is 4.69. The number of anilines is 1. The summed E-state index contributed by atoms with van der Waals surface area (Å²) in [5.74, 6) is -0.994. The van der Waals surface area contributed by atoms with E-state index in [2.05, 4.69) is 21.2 Å². The van der Waals surface area contributed by atoms with Crippen molar-refractivity contribution in [2.24, 2.45) is 11.7 Å². The zero-order valence-electron chi connectivity index (χ0n) is 13.6. The summed E-state index contributed by atoms with van der Waals surface area (Å²) in [4.78, 5) is 26.6. The van der Waals surface area contributed by atoms with E-state index in [0.29, 0.717) is 19.5 Å². The van der Waals surface area contributed by atoms with Crippen molar-refractivity contribution in [1.82, 2.24) is 5.32 Å². The molecule has 1 aromatic rings. The van der Waals surface area contributed by atoms with Crippen LogP contribution in [0.15, 0.2) is 28.7 Å². The van der Waals surface area contributed by atoms with E-state index in [1.807, 2.05) is 38.1 Å². The number of halogens is 1. The zero-order valence-corrected chi connectivity index (χ0v) is 15.2. The average molecular weight is 382 g/mol. The van der Waals surface area contributed by atoms with E-state index >= 15 is 0 Å². The molecule has 0 aliphatic carbocycles. The van der Waals surface area contributed by atoms with Crippen LogP contribution in [0.3, 0.4) is 0 Å². The Morgan fingerprint density at radius 1 is 1.39 bits per heavy atom. The quantitative estimate of drug-likeness (QED) is 0.742. The summed E-state index contributed by atoms with van der Waals surface area (Å²) in [5.41, 5.74) is 6.61. The number of rotatable bonds is 6. The molecule has 126 valence electrons. The van der Waals surface area contributed by atoms with Crippen LogP contribution in [0.4, 0.5) is 5.69 Å². The molecule has 0 saturated carbocycles. The van der Waals surface area contributed by atoms with E-state index in [4.69, 9.17) is 5.73 Å². The van der Waals surface area contributed by atoms with Gasteiger partial charge in [-0.05, 0) is 47.3 Å². The van der Waals surface area contributed by atoms with Crippen molar-refractivity contribution >= 4 is 33.4 Å². The van der Waals surface area contributed by atoms with E-state index < -0.39 is 11.5 Å². The van der Waals surface area contributed by atoms with E-state index in [1.54, 1.807) is 4.90 Å². The normalized spacial score (nSPS) is 18.3. The number of para-hydroxylation sites is 1. The minimum Gasteiger partial charge on any atom is -0.354 e. The van der Waals surface area contributed by atoms with Crippen LogP contribution in [0, 0.1) is 5.92 Å². The van der Waals surface area contributed by atoms with Crippen molar-refractivity contribution in [3.8, 4) is 0 Å². The van der Waals surface area contributed by atoms with Gasteiger partial charge in [-0.3, -0.25) is 9.59 Å². The number of amides is 2. The van der Waals surface area contributed by atoms with Gasteiger partial charge in [0.1, 0.15) is 5.92 Å². The second-order valence-corrected chi connectivity index (χ2v) is 6.92. The SMILES string of the molecule is CCC(N)(CC)CNC(=O)C1CCN(c2ccccc2Br)C1=O. The lowest BCUT2D eigenvalue weighted by molar-refractivity contribution is -0.132. The first-order valence-electron chi connectivity index (χ1n) is 8.04. The Balaban J connectivity index is 2.02. The Kier molecular flexibility index (Phi) is 5.81. The first kappa shape index (κ1) is 17.9. The minimum absolute atomic E-state index is 0.148. The molecule has 2 rings (SSSR count). The molecule has 0 radical (unpaired) electrons. The number of carbonyl (C=O) groups excluding carboxylic acids is 2. The fraction of sp³-hybridized carbons (Fsp3) is 0.529. The molecule has 1 aliphatic heterocycles. The zero-order chi connectivity index (χ0) is 17.0. The number of nitrogens with two attached hydrogens (primary N) is 1. The van der Waals surface area contributed by atoms with Crippen molar-refractivity contribution in [3.05, 3.63) is 28.7 Å². The van der Waals surface area contributed by atoms with Crippen LogP contribution in [-0.2, 0) is 9.59 Å². The average Bonchev–Trinajstić information content (AvgIpc) is 2.94. The summed E-state index contributed by atoms with van der Waals surface area (Å²) in [6.07, 6.45) is 2.10. The molecular weight excluding hydrogens is 358 g/mol. The molecule has 0 bridgehead atoms. The maximum atomic E-state index is 12.6. The number of nitrogens with zero attached hydrogens (tertiary/aromatic N) is 1. The van der Waals surface area contributed by atoms with Crippen molar-refractivity contribution < 1.29 is 9.59 Å². The molecule has 1 saturated heterocycles. The van der Waals surface area contributed by atoms with E-state index in [0.717, 1.165) is 23.0 Å². The Morgan fingerprint density at radius 2 is 2.04 bits per heavy atom. The van der Waals surface area contributed by atoms with E-state index in [1.165, 1.54) is 0 Å². The highest BCUT2D eigenvalue weighted by Crippen LogP contribution is 2.31. The second-order valence-electron chi connectivity index (χ2n) is 6.07. The lowest BCUT2D eigenvalue weighted by Gasteiger charge is -2.27. The molecule has 1 heterocycles. The summed E-state index contributed by atoms with van der Waals surface area (Å²) in [6, 6.07) is 7.54. The van der Waals surface area contributed by atoms with Crippen LogP contribution in [0.25, 0.3) is 0 Å². The molecule has 1 aliphatic rings. The Labute approximate surface area is 145 Å². The summed E-state index contributed by atoms with van der Waals surface area (Å²) >= 11 is 3.46. The van der Waals surface area contributed by atoms with Gasteiger partial charge < -0.3 is 16.0 Å². The lowest BCUT2D eigenvalue weighted by atomic mass is 9.94. The standard InChI is InChI=1S/C17H24BrN3O2/c1-3-17(19,4-2)11-20-15(22)12-9-10-21(16(12)23)14-8-6-5-7-13(14)18/h5-8,12H,3-4,9-11,19H2,1-2H3,(H,20,22). The van der Waals surface area contributed by atoms with Gasteiger partial charge in [0.2, 0.25) is 11.8 Å². The van der Waals surface area contributed by atoms with Crippen LogP contribution in [0.1, 0.15) is 33.1 Å². The Morgan fingerprint density at radius 3 is 2.65 bits per heavy atom. The van der Waals surface area contributed by atoms with Gasteiger partial charge in [-0.15, -0.1) is 0 Å². The maximum absolute atomic E-state index is 12.6. The smallest absolute Gasteiger partial charge is 0.239 e. The first-order valence-corrected chi connectivity index (χ1v) is 8.83. The maximum Gasteiger partial charge on any atom is 0.239 e. The van der Waals surface area contributed by atoms with Gasteiger partial charge in [-0.1, -0.05) is 26.0 Å². The number of benzene rings is 1. The summed E-state index contributed by atoms with van der Waals surface area (Å²) in [6.45, 7) is 4.96. The fourth-order valence-corrected chi connectivity index (χ4v) is 3.22. The number of hydrogen-bond donors (Lipinski definition) is 2. The summed E-state index contributed by atoms with van der Waals surface area (Å²) < 4.78 is 0.854. The monoisotopic (exact) mass is 381 g/mol. The predicted molar refractivity (Wildman–Crippen MR) is 95.1 cm³/mol. The molecule has 1 atom stereocenters. The number of hydrogen-bond acceptors (Lipinski definition) is 3. The van der Waals surface area contributed by atoms with Gasteiger partial charge in [0.25, 0.3) is 0 Å². The third-order valence-corrected chi connectivity index (χ3v) is 5.36. The summed E-state index contributed by atoms with van der Waals surface area (Å²) in [5, 5.41) is 2.86. The molecule has 3 N–H and O–H groups in total. The minimum atomic E-state index is -0.625. The van der Waals surface area contributed by atoms with Gasteiger partial charge in [0.15, 0.2) is 0 Å². The molecular formula is C17H24BrN3O2. The highest BCUT2D eigenvalue weighted by Gasteiger charge is 2.38. The van der Waals surface area contributed by atoms with E-state index in [-0.39, 0.29) is 11.8 Å². The second kappa shape index (κ2) is 7.45. The Hall–Kier alpha value is -1.40. The van der Waals surface area contributed by atoms with Gasteiger partial charge in [-0.2, -0.15) is 0 Å². The highest BCUT2D eigenvalue weighted by molar-refractivity contribution is 9.10. The first-order chi connectivity index (χ1) is 10.9. The number of carbonyl (C=O) groups is 2. The molecule has 1 unspecified atom stereocenters. The molecule has 0 aromatic heterocycles. The third kappa shape index (κ3) is 3.93. The molecule has 0 spiro atoms. The topological polar surface area (TPSA) is 75.4 Å². The van der Waals surface area contributed by atoms with Crippen molar-refractivity contribution in [1.29, 1.82) is 0 Å². The molecule has 23 heavy (non-hydrogen) atoms. The van der Waals surface area contributed by atoms with Gasteiger partial charge in [0, 0.05) is 23.1 Å². The molecule has 5 nitrogen and oxygen atoms in total. The Bertz CT molecular complexity index is 587. The van der Waals surface area contributed by atoms with Crippen LogP contribution < -0.4 is 16.0 Å². The van der Waals surface area contributed by atoms with Gasteiger partial charge in [-0.25, -0.2) is 0 Å². The van der Waals surface area contributed by atoms with Crippen molar-refractivity contribution in [2.75, 3.05) is 18.0 Å². The van der Waals surface area contributed by atoms with Crippen molar-refractivity contribution in [2.45, 2.75) is 38.6 Å². The fourth-order valence-electron chi connectivity index (χ4n) is 2.72. The highest BCUT2D eigenvalue weighted by atomic mass is 79.9.